The summed E-state index contributed by atoms with van der Waals surface area (Å²) < 4.78 is 5.30. The molecule has 1 fully saturated rings. The molecule has 0 saturated carbocycles. The smallest absolute Gasteiger partial charge is 0.308 e. The van der Waals surface area contributed by atoms with E-state index in [9.17, 15) is 15.0 Å². The van der Waals surface area contributed by atoms with Crippen LogP contribution in [0.5, 0.6) is 5.75 Å². The number of carboxylic acids is 1. The molecular weight excluding hydrogens is 428 g/mol. The fourth-order valence-corrected chi connectivity index (χ4v) is 4.84. The van der Waals surface area contributed by atoms with Gasteiger partial charge >= 0.3 is 5.97 Å². The lowest BCUT2D eigenvalue weighted by Crippen LogP contribution is -2.44. The number of aliphatic carboxylic acids is 1. The van der Waals surface area contributed by atoms with Crippen LogP contribution in [0, 0.1) is 11.8 Å². The second-order valence-electron chi connectivity index (χ2n) is 8.95. The number of aromatic nitrogens is 1. The van der Waals surface area contributed by atoms with Crippen molar-refractivity contribution >= 4 is 22.9 Å². The van der Waals surface area contributed by atoms with E-state index in [0.717, 1.165) is 41.5 Å². The van der Waals surface area contributed by atoms with Gasteiger partial charge in [0, 0.05) is 18.5 Å². The van der Waals surface area contributed by atoms with Crippen LogP contribution in [-0.2, 0) is 4.79 Å². The van der Waals surface area contributed by atoms with Crippen molar-refractivity contribution in [2.75, 3.05) is 26.7 Å². The van der Waals surface area contributed by atoms with Crippen molar-refractivity contribution in [1.82, 2.24) is 9.88 Å². The van der Waals surface area contributed by atoms with Gasteiger partial charge in [0.2, 0.25) is 0 Å². The largest absolute Gasteiger partial charge is 0.495 e. The Morgan fingerprint density at radius 2 is 2.06 bits per heavy atom. The minimum Gasteiger partial charge on any atom is -0.495 e. The molecule has 0 radical (unpaired) electrons. The molecule has 1 saturated heterocycles. The Bertz CT molecular complexity index is 1130. The summed E-state index contributed by atoms with van der Waals surface area (Å²) in [7, 11) is 1.59. The number of rotatable bonds is 9. The monoisotopic (exact) mass is 460 g/mol. The molecule has 1 unspecified atom stereocenters. The molecule has 178 valence electrons. The third kappa shape index (κ3) is 5.82. The molecule has 1 aliphatic rings. The van der Waals surface area contributed by atoms with Crippen LogP contribution in [0.2, 0.25) is 0 Å². The van der Waals surface area contributed by atoms with Crippen molar-refractivity contribution in [3.8, 4) is 5.75 Å². The molecule has 3 aromatic rings. The molecule has 2 N–H and O–H groups in total. The fraction of sp³-hybridized carbons (Fsp3) is 0.357. The second kappa shape index (κ2) is 11.3. The van der Waals surface area contributed by atoms with Crippen molar-refractivity contribution < 1.29 is 19.7 Å². The molecule has 6 nitrogen and oxygen atoms in total. The summed E-state index contributed by atoms with van der Waals surface area (Å²) in [5.74, 6) is -0.494. The van der Waals surface area contributed by atoms with Crippen LogP contribution in [-0.4, -0.2) is 52.8 Å². The molecule has 34 heavy (non-hydrogen) atoms. The van der Waals surface area contributed by atoms with Gasteiger partial charge in [0.25, 0.3) is 0 Å². The third-order valence-electron chi connectivity index (χ3n) is 6.77. The number of methoxy groups -OCH3 is 1. The summed E-state index contributed by atoms with van der Waals surface area (Å²) in [6, 6.07) is 17.7. The first kappa shape index (κ1) is 23.9. The molecule has 0 amide bonds. The van der Waals surface area contributed by atoms with Crippen molar-refractivity contribution in [3.63, 3.8) is 0 Å². The molecular formula is C28H32N2O4. The highest BCUT2D eigenvalue weighted by Crippen LogP contribution is 2.33. The normalized spacial score (nSPS) is 19.9. The first-order valence-electron chi connectivity index (χ1n) is 11.8. The van der Waals surface area contributed by atoms with Crippen LogP contribution >= 0.6 is 0 Å². The van der Waals surface area contributed by atoms with Gasteiger partial charge in [-0.25, -0.2) is 0 Å². The predicted octanol–water partition coefficient (Wildman–Crippen LogP) is 4.79. The summed E-state index contributed by atoms with van der Waals surface area (Å²) in [5, 5.41) is 21.7. The van der Waals surface area contributed by atoms with E-state index in [-0.39, 0.29) is 5.92 Å². The molecule has 0 bridgehead atoms. The maximum atomic E-state index is 12.0. The van der Waals surface area contributed by atoms with Gasteiger partial charge in [-0.05, 0) is 55.0 Å². The van der Waals surface area contributed by atoms with Crippen LogP contribution in [0.3, 0.4) is 0 Å². The summed E-state index contributed by atoms with van der Waals surface area (Å²) in [5.41, 5.74) is 2.75. The standard InChI is InChI=1S/C28H32N2O4/c1-34-22-17-24-23(10-5-11-26(24)29-18-22)27(31)13-12-21-14-16-30(19-25(21)28(32)33)15-6-9-20-7-3-2-4-8-20/h2-11,17-18,21,25,27,31H,12-16,19H2,1H3,(H,32,33)/t21-,25+,27?/m1/s1. The van der Waals surface area contributed by atoms with Gasteiger partial charge in [-0.1, -0.05) is 54.6 Å². The number of benzene rings is 2. The predicted molar refractivity (Wildman–Crippen MR) is 134 cm³/mol. The SMILES string of the molecule is COc1cnc2cccc(C(O)CC[C@@H]3CCN(CC=Cc4ccccc4)C[C@@H]3C(=O)O)c2c1. The van der Waals surface area contributed by atoms with Crippen LogP contribution in [0.4, 0.5) is 0 Å². The van der Waals surface area contributed by atoms with Crippen molar-refractivity contribution in [3.05, 3.63) is 78.0 Å². The molecule has 1 aromatic heterocycles. The number of piperidine rings is 1. The summed E-state index contributed by atoms with van der Waals surface area (Å²) in [6.07, 6.45) is 7.15. The Morgan fingerprint density at radius 3 is 2.82 bits per heavy atom. The van der Waals surface area contributed by atoms with Gasteiger partial charge in [0.05, 0.1) is 30.8 Å². The maximum absolute atomic E-state index is 12.0. The number of hydrogen-bond donors (Lipinski definition) is 2. The number of ether oxygens (including phenoxy) is 1. The van der Waals surface area contributed by atoms with E-state index in [1.165, 1.54) is 0 Å². The van der Waals surface area contributed by atoms with E-state index in [4.69, 9.17) is 4.74 Å². The van der Waals surface area contributed by atoms with Gasteiger partial charge in [-0.2, -0.15) is 0 Å². The van der Waals surface area contributed by atoms with E-state index in [1.54, 1.807) is 13.3 Å². The average Bonchev–Trinajstić information content (AvgIpc) is 2.87. The van der Waals surface area contributed by atoms with Crippen molar-refractivity contribution in [2.24, 2.45) is 11.8 Å². The van der Waals surface area contributed by atoms with Gasteiger partial charge in [-0.3, -0.25) is 14.7 Å². The number of carboxylic acid groups (broad SMARTS) is 1. The Morgan fingerprint density at radius 1 is 1.24 bits per heavy atom. The highest BCUT2D eigenvalue weighted by Gasteiger charge is 2.34. The van der Waals surface area contributed by atoms with Crippen molar-refractivity contribution in [1.29, 1.82) is 0 Å². The zero-order valence-electron chi connectivity index (χ0n) is 19.5. The quantitative estimate of drug-likeness (QED) is 0.478. The second-order valence-corrected chi connectivity index (χ2v) is 8.95. The third-order valence-corrected chi connectivity index (χ3v) is 6.77. The summed E-state index contributed by atoms with van der Waals surface area (Å²) >= 11 is 0. The molecule has 4 rings (SSSR count). The topological polar surface area (TPSA) is 82.9 Å². The number of likely N-dealkylation sites (tertiary alicyclic amines) is 1. The first-order valence-corrected chi connectivity index (χ1v) is 11.8. The van der Waals surface area contributed by atoms with E-state index in [1.807, 2.05) is 42.5 Å². The molecule has 6 heteroatoms. The number of pyridine rings is 1. The minimum atomic E-state index is -0.754. The number of hydrogen-bond acceptors (Lipinski definition) is 5. The highest BCUT2D eigenvalue weighted by atomic mass is 16.5. The number of nitrogens with zero attached hydrogens (tertiary/aromatic N) is 2. The Balaban J connectivity index is 1.37. The highest BCUT2D eigenvalue weighted by molar-refractivity contribution is 5.83. The maximum Gasteiger partial charge on any atom is 0.308 e. The van der Waals surface area contributed by atoms with E-state index >= 15 is 0 Å². The lowest BCUT2D eigenvalue weighted by molar-refractivity contribution is -0.146. The Labute approximate surface area is 200 Å². The number of carbonyl (C=O) groups is 1. The molecule has 1 aliphatic heterocycles. The van der Waals surface area contributed by atoms with Gasteiger partial charge in [0.1, 0.15) is 5.75 Å². The summed E-state index contributed by atoms with van der Waals surface area (Å²) in [6.45, 7) is 2.13. The van der Waals surface area contributed by atoms with Crippen LogP contribution in [0.25, 0.3) is 17.0 Å². The number of aliphatic hydroxyl groups is 1. The average molecular weight is 461 g/mol. The zero-order chi connectivity index (χ0) is 23.9. The molecule has 0 spiro atoms. The van der Waals surface area contributed by atoms with Crippen molar-refractivity contribution in [2.45, 2.75) is 25.4 Å². The van der Waals surface area contributed by atoms with Crippen LogP contribution < -0.4 is 4.74 Å². The van der Waals surface area contributed by atoms with Crippen LogP contribution in [0.15, 0.2) is 66.9 Å². The lowest BCUT2D eigenvalue weighted by atomic mass is 9.81. The van der Waals surface area contributed by atoms with Gasteiger partial charge in [0.15, 0.2) is 0 Å². The molecule has 2 aromatic carbocycles. The summed E-state index contributed by atoms with van der Waals surface area (Å²) in [4.78, 5) is 18.6. The Kier molecular flexibility index (Phi) is 7.93. The van der Waals surface area contributed by atoms with E-state index < -0.39 is 18.0 Å². The lowest BCUT2D eigenvalue weighted by Gasteiger charge is -2.36. The van der Waals surface area contributed by atoms with Gasteiger partial charge < -0.3 is 14.9 Å². The number of aliphatic hydroxyl groups excluding tert-OH is 1. The van der Waals surface area contributed by atoms with Gasteiger partial charge in [-0.15, -0.1) is 0 Å². The van der Waals surface area contributed by atoms with E-state index in [2.05, 4.69) is 34.2 Å². The van der Waals surface area contributed by atoms with E-state index in [0.29, 0.717) is 25.1 Å². The molecule has 0 aliphatic carbocycles. The zero-order valence-corrected chi connectivity index (χ0v) is 19.5. The molecule has 2 heterocycles. The van der Waals surface area contributed by atoms with Crippen LogP contribution in [0.1, 0.15) is 36.5 Å². The molecule has 3 atom stereocenters. The Hall–Kier alpha value is -3.22. The number of fused-ring (bicyclic) bond motifs is 1. The first-order chi connectivity index (χ1) is 16.5. The fourth-order valence-electron chi connectivity index (χ4n) is 4.84. The minimum absolute atomic E-state index is 0.0455.